The van der Waals surface area contributed by atoms with E-state index in [2.05, 4.69) is 0 Å². The highest BCUT2D eigenvalue weighted by molar-refractivity contribution is 7.99. The molecule has 0 aliphatic rings. The number of methoxy groups -OCH3 is 1. The molecule has 90 valence electrons. The van der Waals surface area contributed by atoms with E-state index < -0.39 is 18.1 Å². The maximum atomic E-state index is 11.1. The molecule has 2 unspecified atom stereocenters. The Morgan fingerprint density at radius 2 is 2.20 bits per heavy atom. The Labute approximate surface area is 94.3 Å². The van der Waals surface area contributed by atoms with Gasteiger partial charge in [-0.2, -0.15) is 11.8 Å². The summed E-state index contributed by atoms with van der Waals surface area (Å²) in [5.74, 6) is 0.548. The molecule has 0 aromatic heterocycles. The lowest BCUT2D eigenvalue weighted by molar-refractivity contribution is -0.144. The summed E-state index contributed by atoms with van der Waals surface area (Å²) in [5, 5.41) is 9.30. The van der Waals surface area contributed by atoms with Crippen LogP contribution in [-0.4, -0.2) is 55.1 Å². The molecule has 6 heteroatoms. The highest BCUT2D eigenvalue weighted by atomic mass is 32.2. The van der Waals surface area contributed by atoms with Gasteiger partial charge in [0.05, 0.1) is 19.3 Å². The zero-order chi connectivity index (χ0) is 11.7. The molecule has 0 amide bonds. The number of rotatable bonds is 8. The minimum atomic E-state index is -0.621. The first kappa shape index (κ1) is 14.7. The van der Waals surface area contributed by atoms with E-state index in [-0.39, 0.29) is 0 Å². The smallest absolute Gasteiger partial charge is 0.323 e. The van der Waals surface area contributed by atoms with Gasteiger partial charge in [-0.1, -0.05) is 0 Å². The number of carbonyl (C=O) groups excluding carboxylic acids is 1. The molecule has 0 radical (unpaired) electrons. The van der Waals surface area contributed by atoms with Gasteiger partial charge in [-0.3, -0.25) is 4.79 Å². The maximum absolute atomic E-state index is 11.1. The second-order valence-electron chi connectivity index (χ2n) is 3.01. The van der Waals surface area contributed by atoms with Crippen molar-refractivity contribution in [3.8, 4) is 0 Å². The van der Waals surface area contributed by atoms with Gasteiger partial charge in [0.15, 0.2) is 0 Å². The van der Waals surface area contributed by atoms with E-state index in [0.29, 0.717) is 24.7 Å². The van der Waals surface area contributed by atoms with Gasteiger partial charge in [-0.25, -0.2) is 0 Å². The Morgan fingerprint density at radius 3 is 2.73 bits per heavy atom. The van der Waals surface area contributed by atoms with E-state index in [1.807, 2.05) is 0 Å². The first-order chi connectivity index (χ1) is 7.11. The summed E-state index contributed by atoms with van der Waals surface area (Å²) < 4.78 is 9.51. The van der Waals surface area contributed by atoms with E-state index in [4.69, 9.17) is 15.2 Å². The van der Waals surface area contributed by atoms with Crippen LogP contribution in [0.2, 0.25) is 0 Å². The Morgan fingerprint density at radius 1 is 1.53 bits per heavy atom. The lowest BCUT2D eigenvalue weighted by Gasteiger charge is -2.12. The zero-order valence-electron chi connectivity index (χ0n) is 9.14. The number of aliphatic hydroxyl groups excluding tert-OH is 1. The van der Waals surface area contributed by atoms with Crippen molar-refractivity contribution in [1.29, 1.82) is 0 Å². The molecular formula is C9H19NO4S. The number of hydrogen-bond donors (Lipinski definition) is 2. The van der Waals surface area contributed by atoms with Crippen LogP contribution in [0.3, 0.4) is 0 Å². The van der Waals surface area contributed by atoms with Gasteiger partial charge >= 0.3 is 5.97 Å². The van der Waals surface area contributed by atoms with Crippen LogP contribution in [-0.2, 0) is 14.3 Å². The largest absolute Gasteiger partial charge is 0.465 e. The minimum absolute atomic E-state index is 0.293. The highest BCUT2D eigenvalue weighted by Gasteiger charge is 2.15. The molecule has 0 saturated carbocycles. The maximum Gasteiger partial charge on any atom is 0.323 e. The second-order valence-corrected chi connectivity index (χ2v) is 4.08. The van der Waals surface area contributed by atoms with E-state index in [9.17, 15) is 9.90 Å². The van der Waals surface area contributed by atoms with Crippen LogP contribution in [0.1, 0.15) is 6.92 Å². The molecule has 0 saturated heterocycles. The summed E-state index contributed by atoms with van der Waals surface area (Å²) in [5.41, 5.74) is 5.56. The van der Waals surface area contributed by atoms with Crippen molar-refractivity contribution in [3.63, 3.8) is 0 Å². The minimum Gasteiger partial charge on any atom is -0.465 e. The average Bonchev–Trinajstić information content (AvgIpc) is 2.18. The Hall–Kier alpha value is -0.300. The van der Waals surface area contributed by atoms with E-state index >= 15 is 0 Å². The summed E-state index contributed by atoms with van der Waals surface area (Å²) in [6.45, 7) is 2.37. The quantitative estimate of drug-likeness (QED) is 0.560. The van der Waals surface area contributed by atoms with Gasteiger partial charge in [0.25, 0.3) is 0 Å². The van der Waals surface area contributed by atoms with Crippen molar-refractivity contribution < 1.29 is 19.4 Å². The lowest BCUT2D eigenvalue weighted by atomic mass is 10.4. The molecule has 0 aliphatic heterocycles. The molecule has 2 atom stereocenters. The first-order valence-corrected chi connectivity index (χ1v) is 5.94. The Bertz CT molecular complexity index is 179. The van der Waals surface area contributed by atoms with Crippen LogP contribution in [0.4, 0.5) is 0 Å². The molecule has 0 spiro atoms. The highest BCUT2D eigenvalue weighted by Crippen LogP contribution is 2.05. The summed E-state index contributed by atoms with van der Waals surface area (Å²) in [4.78, 5) is 11.1. The van der Waals surface area contributed by atoms with Crippen LogP contribution in [0, 0.1) is 0 Å². The third-order valence-corrected chi connectivity index (χ3v) is 2.77. The van der Waals surface area contributed by atoms with Crippen molar-refractivity contribution in [2.24, 2.45) is 5.73 Å². The van der Waals surface area contributed by atoms with Crippen LogP contribution in [0.15, 0.2) is 0 Å². The summed E-state index contributed by atoms with van der Waals surface area (Å²) in [6.07, 6.45) is -0.519. The monoisotopic (exact) mass is 237 g/mol. The fourth-order valence-electron chi connectivity index (χ4n) is 0.889. The number of hydrogen-bond acceptors (Lipinski definition) is 6. The average molecular weight is 237 g/mol. The number of carbonyl (C=O) groups is 1. The molecule has 0 rings (SSSR count). The molecule has 0 aliphatic carbocycles. The van der Waals surface area contributed by atoms with Crippen molar-refractivity contribution in [2.75, 3.05) is 31.8 Å². The van der Waals surface area contributed by atoms with E-state index in [1.165, 1.54) is 18.9 Å². The van der Waals surface area contributed by atoms with Crippen molar-refractivity contribution in [2.45, 2.75) is 19.1 Å². The summed E-state index contributed by atoms with van der Waals surface area (Å²) >= 11 is 1.41. The van der Waals surface area contributed by atoms with Crippen LogP contribution in [0.5, 0.6) is 0 Å². The fraction of sp³-hybridized carbons (Fsp3) is 0.889. The Kier molecular flexibility index (Phi) is 8.79. The molecule has 0 heterocycles. The topological polar surface area (TPSA) is 81.8 Å². The van der Waals surface area contributed by atoms with E-state index in [1.54, 1.807) is 6.92 Å². The Balaban J connectivity index is 3.53. The fourth-order valence-corrected chi connectivity index (χ4v) is 1.78. The van der Waals surface area contributed by atoms with Crippen molar-refractivity contribution in [3.05, 3.63) is 0 Å². The van der Waals surface area contributed by atoms with Gasteiger partial charge in [-0.15, -0.1) is 0 Å². The zero-order valence-corrected chi connectivity index (χ0v) is 9.96. The van der Waals surface area contributed by atoms with Crippen molar-refractivity contribution >= 4 is 17.7 Å². The van der Waals surface area contributed by atoms with Gasteiger partial charge < -0.3 is 20.3 Å². The molecule has 3 N–H and O–H groups in total. The second kappa shape index (κ2) is 8.96. The first-order valence-electron chi connectivity index (χ1n) is 4.78. The van der Waals surface area contributed by atoms with Gasteiger partial charge in [0.1, 0.15) is 6.04 Å². The number of esters is 1. The standard InChI is InChI=1S/C9H19NO4S/c1-3-14-9(12)8(10)6-15-5-7(11)4-13-2/h7-8,11H,3-6,10H2,1-2H3. The molecular weight excluding hydrogens is 218 g/mol. The molecule has 0 aromatic carbocycles. The summed E-state index contributed by atoms with van der Waals surface area (Å²) in [7, 11) is 1.53. The SMILES string of the molecule is CCOC(=O)C(N)CSCC(O)COC. The number of ether oxygens (including phenoxy) is 2. The molecule has 5 nitrogen and oxygen atoms in total. The third-order valence-electron chi connectivity index (χ3n) is 1.56. The molecule has 15 heavy (non-hydrogen) atoms. The van der Waals surface area contributed by atoms with Gasteiger partial charge in [0.2, 0.25) is 0 Å². The predicted octanol–water partition coefficient (Wildman–Crippen LogP) is -0.383. The number of thioether (sulfide) groups is 1. The molecule has 0 aromatic rings. The van der Waals surface area contributed by atoms with E-state index in [0.717, 1.165) is 0 Å². The van der Waals surface area contributed by atoms with Crippen LogP contribution >= 0.6 is 11.8 Å². The lowest BCUT2D eigenvalue weighted by Crippen LogP contribution is -2.35. The van der Waals surface area contributed by atoms with Gasteiger partial charge in [-0.05, 0) is 6.92 Å². The molecule has 0 bridgehead atoms. The van der Waals surface area contributed by atoms with Crippen LogP contribution < -0.4 is 5.73 Å². The third kappa shape index (κ3) is 7.61. The normalized spacial score (nSPS) is 14.7. The number of nitrogens with two attached hydrogens (primary N) is 1. The predicted molar refractivity (Wildman–Crippen MR) is 59.8 cm³/mol. The molecule has 0 fully saturated rings. The van der Waals surface area contributed by atoms with Crippen LogP contribution in [0.25, 0.3) is 0 Å². The van der Waals surface area contributed by atoms with Crippen molar-refractivity contribution in [1.82, 2.24) is 0 Å². The summed E-state index contributed by atoms with van der Waals surface area (Å²) in [6, 6.07) is -0.621. The number of aliphatic hydroxyl groups is 1. The van der Waals surface area contributed by atoms with Gasteiger partial charge in [0, 0.05) is 18.6 Å².